The summed E-state index contributed by atoms with van der Waals surface area (Å²) in [6, 6.07) is 13.3. The van der Waals surface area contributed by atoms with Gasteiger partial charge in [0.1, 0.15) is 0 Å². The van der Waals surface area contributed by atoms with E-state index >= 15 is 0 Å². The molecule has 0 saturated carbocycles. The number of imidazole rings is 1. The van der Waals surface area contributed by atoms with Crippen LogP contribution in [-0.2, 0) is 0 Å². The summed E-state index contributed by atoms with van der Waals surface area (Å²) in [6.45, 7) is 4.04. The molecule has 0 bridgehead atoms. The Morgan fingerprint density at radius 2 is 2.04 bits per heavy atom. The molecule has 5 heteroatoms. The van der Waals surface area contributed by atoms with E-state index in [1.165, 1.54) is 0 Å². The van der Waals surface area contributed by atoms with E-state index in [2.05, 4.69) is 10.3 Å². The number of carbonyl (C=O) groups is 1. The summed E-state index contributed by atoms with van der Waals surface area (Å²) in [5, 5.41) is 13.2. The molecule has 1 atom stereocenters. The van der Waals surface area contributed by atoms with Crippen molar-refractivity contribution >= 4 is 5.91 Å². The minimum absolute atomic E-state index is 0.154. The number of hydrogen-bond acceptors (Lipinski definition) is 3. The van der Waals surface area contributed by atoms with Crippen molar-refractivity contribution < 1.29 is 9.90 Å². The van der Waals surface area contributed by atoms with Crippen molar-refractivity contribution in [3.63, 3.8) is 0 Å². The SMILES string of the molecule is Cc1ccc(-n2ccnc2)c(C(=O)NCC(O)c2ccccc2C)c1. The molecule has 1 heterocycles. The maximum absolute atomic E-state index is 12.7. The monoisotopic (exact) mass is 335 g/mol. The zero-order valence-corrected chi connectivity index (χ0v) is 14.3. The summed E-state index contributed by atoms with van der Waals surface area (Å²) in [4.78, 5) is 16.7. The Bertz CT molecular complexity index is 872. The number of carbonyl (C=O) groups excluding carboxylic acids is 1. The van der Waals surface area contributed by atoms with Gasteiger partial charge >= 0.3 is 0 Å². The molecule has 0 radical (unpaired) electrons. The fourth-order valence-electron chi connectivity index (χ4n) is 2.81. The summed E-state index contributed by atoms with van der Waals surface area (Å²) < 4.78 is 1.80. The van der Waals surface area contributed by atoms with Gasteiger partial charge in [0, 0.05) is 18.9 Å². The fourth-order valence-corrected chi connectivity index (χ4v) is 2.81. The predicted molar refractivity (Wildman–Crippen MR) is 96.8 cm³/mol. The number of aryl methyl sites for hydroxylation is 2. The van der Waals surface area contributed by atoms with Crippen molar-refractivity contribution in [1.82, 2.24) is 14.9 Å². The van der Waals surface area contributed by atoms with E-state index in [-0.39, 0.29) is 12.5 Å². The average Bonchev–Trinajstić information content (AvgIpc) is 3.14. The van der Waals surface area contributed by atoms with Crippen molar-refractivity contribution in [2.45, 2.75) is 20.0 Å². The molecule has 2 aromatic carbocycles. The highest BCUT2D eigenvalue weighted by Gasteiger charge is 2.16. The lowest BCUT2D eigenvalue weighted by atomic mass is 10.0. The van der Waals surface area contributed by atoms with Crippen LogP contribution >= 0.6 is 0 Å². The molecule has 25 heavy (non-hydrogen) atoms. The topological polar surface area (TPSA) is 67.2 Å². The van der Waals surface area contributed by atoms with E-state index in [0.29, 0.717) is 5.56 Å². The molecular weight excluding hydrogens is 314 g/mol. The minimum Gasteiger partial charge on any atom is -0.387 e. The summed E-state index contributed by atoms with van der Waals surface area (Å²) in [6.07, 6.45) is 4.38. The number of aliphatic hydroxyl groups excluding tert-OH is 1. The molecule has 0 spiro atoms. The molecule has 128 valence electrons. The van der Waals surface area contributed by atoms with E-state index in [0.717, 1.165) is 22.4 Å². The normalized spacial score (nSPS) is 12.0. The van der Waals surface area contributed by atoms with Crippen molar-refractivity contribution in [2.24, 2.45) is 0 Å². The van der Waals surface area contributed by atoms with Crippen LogP contribution in [0.5, 0.6) is 0 Å². The smallest absolute Gasteiger partial charge is 0.253 e. The highest BCUT2D eigenvalue weighted by Crippen LogP contribution is 2.19. The van der Waals surface area contributed by atoms with E-state index in [1.54, 1.807) is 23.3 Å². The Hall–Kier alpha value is -2.92. The van der Waals surface area contributed by atoms with Crippen LogP contribution in [0.2, 0.25) is 0 Å². The Morgan fingerprint density at radius 3 is 2.76 bits per heavy atom. The largest absolute Gasteiger partial charge is 0.387 e. The molecule has 0 saturated heterocycles. The molecule has 3 aromatic rings. The fraction of sp³-hybridized carbons (Fsp3) is 0.200. The third-order valence-corrected chi connectivity index (χ3v) is 4.18. The van der Waals surface area contributed by atoms with Gasteiger partial charge in [-0.15, -0.1) is 0 Å². The number of nitrogens with zero attached hydrogens (tertiary/aromatic N) is 2. The zero-order chi connectivity index (χ0) is 17.8. The van der Waals surface area contributed by atoms with Crippen molar-refractivity contribution in [3.8, 4) is 5.69 Å². The molecule has 2 N–H and O–H groups in total. The second-order valence-corrected chi connectivity index (χ2v) is 6.07. The van der Waals surface area contributed by atoms with Crippen LogP contribution in [0, 0.1) is 13.8 Å². The molecule has 1 unspecified atom stereocenters. The molecule has 1 aromatic heterocycles. The van der Waals surface area contributed by atoms with Gasteiger partial charge < -0.3 is 15.0 Å². The number of nitrogens with one attached hydrogen (secondary N) is 1. The van der Waals surface area contributed by atoms with E-state index in [9.17, 15) is 9.90 Å². The third-order valence-electron chi connectivity index (χ3n) is 4.18. The van der Waals surface area contributed by atoms with E-state index in [1.807, 2.05) is 56.3 Å². The number of benzene rings is 2. The van der Waals surface area contributed by atoms with Gasteiger partial charge in [0.15, 0.2) is 0 Å². The van der Waals surface area contributed by atoms with Crippen LogP contribution in [0.15, 0.2) is 61.2 Å². The summed E-state index contributed by atoms with van der Waals surface area (Å²) in [5.74, 6) is -0.222. The highest BCUT2D eigenvalue weighted by atomic mass is 16.3. The molecule has 5 nitrogen and oxygen atoms in total. The van der Waals surface area contributed by atoms with Crippen LogP contribution in [0.1, 0.15) is 33.2 Å². The lowest BCUT2D eigenvalue weighted by molar-refractivity contribution is 0.0916. The van der Waals surface area contributed by atoms with E-state index in [4.69, 9.17) is 0 Å². The first-order valence-corrected chi connectivity index (χ1v) is 8.17. The standard InChI is InChI=1S/C20H21N3O2/c1-14-7-8-18(23-10-9-21-13-23)17(11-14)20(25)22-12-19(24)16-6-4-3-5-15(16)2/h3-11,13,19,24H,12H2,1-2H3,(H,22,25). The van der Waals surface area contributed by atoms with Gasteiger partial charge in [0.05, 0.1) is 23.7 Å². The molecule has 1 amide bonds. The molecular formula is C20H21N3O2. The van der Waals surface area contributed by atoms with Crippen LogP contribution in [-0.4, -0.2) is 27.1 Å². The van der Waals surface area contributed by atoms with Gasteiger partial charge in [0.25, 0.3) is 5.91 Å². The molecule has 0 aliphatic rings. The van der Waals surface area contributed by atoms with Gasteiger partial charge in [-0.05, 0) is 37.1 Å². The van der Waals surface area contributed by atoms with Gasteiger partial charge in [-0.2, -0.15) is 0 Å². The minimum atomic E-state index is -0.744. The molecule has 3 rings (SSSR count). The van der Waals surface area contributed by atoms with Crippen LogP contribution in [0.3, 0.4) is 0 Å². The Labute approximate surface area is 147 Å². The first-order chi connectivity index (χ1) is 12.1. The first kappa shape index (κ1) is 16.9. The summed E-state index contributed by atoms with van der Waals surface area (Å²) in [7, 11) is 0. The maximum atomic E-state index is 12.7. The number of rotatable bonds is 5. The van der Waals surface area contributed by atoms with Crippen LogP contribution < -0.4 is 5.32 Å². The number of aliphatic hydroxyl groups is 1. The quantitative estimate of drug-likeness (QED) is 0.753. The molecule has 0 fully saturated rings. The van der Waals surface area contributed by atoms with Crippen molar-refractivity contribution in [2.75, 3.05) is 6.54 Å². The first-order valence-electron chi connectivity index (χ1n) is 8.17. The van der Waals surface area contributed by atoms with Crippen LogP contribution in [0.4, 0.5) is 0 Å². The van der Waals surface area contributed by atoms with Gasteiger partial charge in [-0.3, -0.25) is 4.79 Å². The Balaban J connectivity index is 1.78. The van der Waals surface area contributed by atoms with Crippen LogP contribution in [0.25, 0.3) is 5.69 Å². The van der Waals surface area contributed by atoms with E-state index < -0.39 is 6.10 Å². The maximum Gasteiger partial charge on any atom is 0.253 e. The number of aromatic nitrogens is 2. The molecule has 0 aliphatic heterocycles. The predicted octanol–water partition coefficient (Wildman–Crippen LogP) is 2.95. The van der Waals surface area contributed by atoms with Crippen molar-refractivity contribution in [1.29, 1.82) is 0 Å². The zero-order valence-electron chi connectivity index (χ0n) is 14.3. The highest BCUT2D eigenvalue weighted by molar-refractivity contribution is 5.98. The lowest BCUT2D eigenvalue weighted by Crippen LogP contribution is -2.29. The van der Waals surface area contributed by atoms with Gasteiger partial charge in [0.2, 0.25) is 0 Å². The second-order valence-electron chi connectivity index (χ2n) is 6.07. The second kappa shape index (κ2) is 7.32. The number of hydrogen-bond donors (Lipinski definition) is 2. The number of amides is 1. The Morgan fingerprint density at radius 1 is 1.24 bits per heavy atom. The average molecular weight is 335 g/mol. The third kappa shape index (κ3) is 3.78. The van der Waals surface area contributed by atoms with Gasteiger partial charge in [-0.25, -0.2) is 4.98 Å². The summed E-state index contributed by atoms with van der Waals surface area (Å²) >= 11 is 0. The molecule has 0 aliphatic carbocycles. The van der Waals surface area contributed by atoms with Gasteiger partial charge in [-0.1, -0.05) is 35.9 Å². The van der Waals surface area contributed by atoms with Crippen molar-refractivity contribution in [3.05, 3.63) is 83.4 Å². The lowest BCUT2D eigenvalue weighted by Gasteiger charge is -2.16. The summed E-state index contributed by atoms with van der Waals surface area (Å²) in [5.41, 5.74) is 4.12. The Kier molecular flexibility index (Phi) is 4.95.